The molecule has 0 spiro atoms. The fourth-order valence-electron chi connectivity index (χ4n) is 2.33. The Balaban J connectivity index is 2.24. The monoisotopic (exact) mass is 350 g/mol. The number of halogens is 1. The molecule has 0 saturated carbocycles. The van der Waals surface area contributed by atoms with Gasteiger partial charge < -0.3 is 5.32 Å². The predicted molar refractivity (Wildman–Crippen MR) is 93.1 cm³/mol. The van der Waals surface area contributed by atoms with Gasteiger partial charge in [-0.15, -0.1) is 0 Å². The topological polar surface area (TPSA) is 66.5 Å². The third-order valence-electron chi connectivity index (χ3n) is 3.55. The predicted octanol–water partition coefficient (Wildman–Crippen LogP) is 2.85. The molecule has 7 heteroatoms. The molecule has 0 saturated heterocycles. The zero-order valence-electron chi connectivity index (χ0n) is 13.7. The van der Waals surface area contributed by atoms with E-state index in [9.17, 15) is 17.6 Å². The Morgan fingerprint density at radius 3 is 2.12 bits per heavy atom. The minimum Gasteiger partial charge on any atom is -0.324 e. The Hall–Kier alpha value is -2.41. The number of para-hydroxylation sites is 1. The van der Waals surface area contributed by atoms with Gasteiger partial charge >= 0.3 is 0 Å². The number of carbonyl (C=O) groups is 1. The Morgan fingerprint density at radius 2 is 1.62 bits per heavy atom. The molecular weight excluding hydrogens is 331 g/mol. The van der Waals surface area contributed by atoms with Crippen molar-refractivity contribution in [3.05, 3.63) is 59.4 Å². The summed E-state index contributed by atoms with van der Waals surface area (Å²) in [5, 5.41) is 2.74. The number of amides is 1. The molecule has 128 valence electrons. The molecule has 0 radical (unpaired) electrons. The molecule has 1 N–H and O–H groups in total. The van der Waals surface area contributed by atoms with Crippen LogP contribution in [0.1, 0.15) is 11.1 Å². The number of anilines is 2. The SMILES string of the molecule is Cc1cccc(C)c1NC(=O)CN(c1ccc(F)cc1)S(C)(=O)=O. The highest BCUT2D eigenvalue weighted by atomic mass is 32.2. The van der Waals surface area contributed by atoms with E-state index in [1.54, 1.807) is 0 Å². The molecule has 5 nitrogen and oxygen atoms in total. The highest BCUT2D eigenvalue weighted by Gasteiger charge is 2.21. The fourth-order valence-corrected chi connectivity index (χ4v) is 3.18. The summed E-state index contributed by atoms with van der Waals surface area (Å²) < 4.78 is 38.0. The molecule has 0 aliphatic carbocycles. The van der Waals surface area contributed by atoms with E-state index in [1.807, 2.05) is 32.0 Å². The summed E-state index contributed by atoms with van der Waals surface area (Å²) in [4.78, 5) is 12.3. The van der Waals surface area contributed by atoms with Crippen molar-refractivity contribution in [1.29, 1.82) is 0 Å². The molecule has 0 bridgehead atoms. The molecule has 2 aromatic rings. The fraction of sp³-hybridized carbons (Fsp3) is 0.235. The minimum atomic E-state index is -3.69. The molecule has 2 rings (SSSR count). The maximum Gasteiger partial charge on any atom is 0.245 e. The molecule has 0 fully saturated rings. The van der Waals surface area contributed by atoms with Crippen LogP contribution in [0.25, 0.3) is 0 Å². The molecular formula is C17H19FN2O3S. The number of rotatable bonds is 5. The number of nitrogens with one attached hydrogen (secondary N) is 1. The Kier molecular flexibility index (Phi) is 5.23. The average Bonchev–Trinajstić information content (AvgIpc) is 2.49. The summed E-state index contributed by atoms with van der Waals surface area (Å²) in [7, 11) is -3.69. The quantitative estimate of drug-likeness (QED) is 0.902. The van der Waals surface area contributed by atoms with Crippen molar-refractivity contribution in [3.8, 4) is 0 Å². The standard InChI is InChI=1S/C17H19FN2O3S/c1-12-5-4-6-13(2)17(12)19-16(21)11-20(24(3,22)23)15-9-7-14(18)8-10-15/h4-10H,11H2,1-3H3,(H,19,21). The lowest BCUT2D eigenvalue weighted by atomic mass is 10.1. The number of benzene rings is 2. The van der Waals surface area contributed by atoms with Crippen LogP contribution in [-0.2, 0) is 14.8 Å². The van der Waals surface area contributed by atoms with Gasteiger partial charge in [0.1, 0.15) is 12.4 Å². The van der Waals surface area contributed by atoms with Gasteiger partial charge in [0.2, 0.25) is 15.9 Å². The van der Waals surface area contributed by atoms with Crippen LogP contribution in [0.3, 0.4) is 0 Å². The first-order chi connectivity index (χ1) is 11.2. The van der Waals surface area contributed by atoms with E-state index in [0.717, 1.165) is 33.8 Å². The smallest absolute Gasteiger partial charge is 0.245 e. The van der Waals surface area contributed by atoms with Crippen LogP contribution in [0.15, 0.2) is 42.5 Å². The van der Waals surface area contributed by atoms with Crippen molar-refractivity contribution in [2.75, 3.05) is 22.4 Å². The molecule has 0 atom stereocenters. The second-order valence-corrected chi connectivity index (χ2v) is 7.47. The van der Waals surface area contributed by atoms with Gasteiger partial charge in [0.25, 0.3) is 0 Å². The van der Waals surface area contributed by atoms with Crippen molar-refractivity contribution in [3.63, 3.8) is 0 Å². The minimum absolute atomic E-state index is 0.232. The maximum absolute atomic E-state index is 13.0. The molecule has 0 unspecified atom stereocenters. The third kappa shape index (κ3) is 4.32. The van der Waals surface area contributed by atoms with Gasteiger partial charge in [-0.2, -0.15) is 0 Å². The van der Waals surface area contributed by atoms with Gasteiger partial charge in [-0.05, 0) is 49.2 Å². The van der Waals surface area contributed by atoms with Crippen molar-refractivity contribution in [1.82, 2.24) is 0 Å². The summed E-state index contributed by atoms with van der Waals surface area (Å²) in [6.45, 7) is 3.33. The van der Waals surface area contributed by atoms with E-state index in [0.29, 0.717) is 5.69 Å². The molecule has 0 aromatic heterocycles. The number of hydrogen-bond donors (Lipinski definition) is 1. The first-order valence-corrected chi connectivity index (χ1v) is 9.12. The summed E-state index contributed by atoms with van der Waals surface area (Å²) >= 11 is 0. The number of carbonyl (C=O) groups excluding carboxylic acids is 1. The Morgan fingerprint density at radius 1 is 1.08 bits per heavy atom. The second-order valence-electron chi connectivity index (χ2n) is 5.56. The van der Waals surface area contributed by atoms with Gasteiger partial charge in [0.05, 0.1) is 11.9 Å². The zero-order chi connectivity index (χ0) is 17.9. The normalized spacial score (nSPS) is 11.2. The summed E-state index contributed by atoms with van der Waals surface area (Å²) in [6, 6.07) is 10.5. The molecule has 2 aromatic carbocycles. The highest BCUT2D eigenvalue weighted by Crippen LogP contribution is 2.21. The van der Waals surface area contributed by atoms with Gasteiger partial charge in [-0.1, -0.05) is 18.2 Å². The number of hydrogen-bond acceptors (Lipinski definition) is 3. The van der Waals surface area contributed by atoms with E-state index < -0.39 is 28.3 Å². The summed E-state index contributed by atoms with van der Waals surface area (Å²) in [6.07, 6.45) is 1.00. The molecule has 0 aliphatic heterocycles. The van der Waals surface area contributed by atoms with Crippen LogP contribution in [0.2, 0.25) is 0 Å². The van der Waals surface area contributed by atoms with Gasteiger partial charge in [0.15, 0.2) is 0 Å². The first-order valence-electron chi connectivity index (χ1n) is 7.28. The van der Waals surface area contributed by atoms with Crippen molar-refractivity contribution in [2.45, 2.75) is 13.8 Å². The van der Waals surface area contributed by atoms with Crippen LogP contribution in [0.4, 0.5) is 15.8 Å². The van der Waals surface area contributed by atoms with Gasteiger partial charge in [-0.3, -0.25) is 9.10 Å². The molecule has 24 heavy (non-hydrogen) atoms. The number of nitrogens with zero attached hydrogens (tertiary/aromatic N) is 1. The van der Waals surface area contributed by atoms with E-state index in [2.05, 4.69) is 5.32 Å². The van der Waals surface area contributed by atoms with E-state index in [1.165, 1.54) is 12.1 Å². The zero-order valence-corrected chi connectivity index (χ0v) is 14.5. The van der Waals surface area contributed by atoms with Crippen LogP contribution in [0.5, 0.6) is 0 Å². The van der Waals surface area contributed by atoms with Crippen molar-refractivity contribution < 1.29 is 17.6 Å². The lowest BCUT2D eigenvalue weighted by Gasteiger charge is -2.22. The van der Waals surface area contributed by atoms with Crippen LogP contribution in [-0.4, -0.2) is 27.1 Å². The maximum atomic E-state index is 13.0. The number of sulfonamides is 1. The molecule has 1 amide bonds. The second kappa shape index (κ2) is 7.00. The molecule has 0 heterocycles. The van der Waals surface area contributed by atoms with Crippen molar-refractivity contribution in [2.24, 2.45) is 0 Å². The van der Waals surface area contributed by atoms with Crippen molar-refractivity contribution >= 4 is 27.3 Å². The largest absolute Gasteiger partial charge is 0.324 e. The van der Waals surface area contributed by atoms with Crippen LogP contribution in [0, 0.1) is 19.7 Å². The Labute approximate surface area is 141 Å². The summed E-state index contributed by atoms with van der Waals surface area (Å²) in [5.74, 6) is -0.950. The van der Waals surface area contributed by atoms with E-state index in [4.69, 9.17) is 0 Å². The average molecular weight is 350 g/mol. The lowest BCUT2D eigenvalue weighted by molar-refractivity contribution is -0.114. The number of aryl methyl sites for hydroxylation is 2. The lowest BCUT2D eigenvalue weighted by Crippen LogP contribution is -2.37. The summed E-state index contributed by atoms with van der Waals surface area (Å²) in [5.41, 5.74) is 2.66. The van der Waals surface area contributed by atoms with Gasteiger partial charge in [0, 0.05) is 5.69 Å². The van der Waals surface area contributed by atoms with Crippen LogP contribution < -0.4 is 9.62 Å². The first kappa shape index (κ1) is 17.9. The van der Waals surface area contributed by atoms with Gasteiger partial charge in [-0.25, -0.2) is 12.8 Å². The Bertz CT molecular complexity index is 828. The molecule has 0 aliphatic rings. The highest BCUT2D eigenvalue weighted by molar-refractivity contribution is 7.92. The van der Waals surface area contributed by atoms with E-state index in [-0.39, 0.29) is 5.69 Å². The third-order valence-corrected chi connectivity index (χ3v) is 4.69. The van der Waals surface area contributed by atoms with Crippen LogP contribution >= 0.6 is 0 Å². The van der Waals surface area contributed by atoms with E-state index >= 15 is 0 Å².